The molecule has 0 radical (unpaired) electrons. The Hall–Kier alpha value is -1.86. The van der Waals surface area contributed by atoms with Crippen molar-refractivity contribution in [3.8, 4) is 0 Å². The van der Waals surface area contributed by atoms with Gasteiger partial charge in [0, 0.05) is 31.4 Å². The second kappa shape index (κ2) is 5.65. The Kier molecular flexibility index (Phi) is 3.96. The van der Waals surface area contributed by atoms with E-state index >= 15 is 0 Å². The van der Waals surface area contributed by atoms with Crippen LogP contribution in [0.5, 0.6) is 0 Å². The molecule has 1 aliphatic rings. The number of rotatable bonds is 4. The lowest BCUT2D eigenvalue weighted by molar-refractivity contribution is -0.383. The Morgan fingerprint density at radius 1 is 1.61 bits per heavy atom. The molecule has 7 nitrogen and oxygen atoms in total. The van der Waals surface area contributed by atoms with E-state index in [4.69, 9.17) is 10.5 Å². The molecule has 1 fully saturated rings. The van der Waals surface area contributed by atoms with Crippen LogP contribution in [0.4, 0.5) is 17.1 Å². The zero-order valence-electron chi connectivity index (χ0n) is 9.89. The highest BCUT2D eigenvalue weighted by atomic mass is 16.6. The predicted molar refractivity (Wildman–Crippen MR) is 68.6 cm³/mol. The molecule has 1 unspecified atom stereocenters. The van der Waals surface area contributed by atoms with E-state index in [-0.39, 0.29) is 17.5 Å². The summed E-state index contributed by atoms with van der Waals surface area (Å²) in [5.41, 5.74) is 6.45. The van der Waals surface area contributed by atoms with E-state index in [1.807, 2.05) is 0 Å². The highest BCUT2D eigenvalue weighted by Crippen LogP contribution is 2.24. The minimum Gasteiger partial charge on any atom is -0.393 e. The number of nitro benzene ring substituents is 1. The molecule has 1 aromatic rings. The summed E-state index contributed by atoms with van der Waals surface area (Å²) < 4.78 is 5.53. The van der Waals surface area contributed by atoms with Crippen molar-refractivity contribution < 1.29 is 9.66 Å². The molecule has 18 heavy (non-hydrogen) atoms. The molecule has 0 aromatic heterocycles. The fraction of sp³-hybridized carbons (Fsp3) is 0.455. The van der Waals surface area contributed by atoms with Crippen LogP contribution < -0.4 is 16.4 Å². The fourth-order valence-corrected chi connectivity index (χ4v) is 1.81. The highest BCUT2D eigenvalue weighted by Gasteiger charge is 2.14. The molecule has 7 heteroatoms. The smallest absolute Gasteiger partial charge is 0.292 e. The van der Waals surface area contributed by atoms with E-state index in [0.717, 1.165) is 18.8 Å². The molecule has 1 aromatic carbocycles. The number of ether oxygens (including phenoxy) is 1. The van der Waals surface area contributed by atoms with Gasteiger partial charge >= 0.3 is 0 Å². The van der Waals surface area contributed by atoms with Gasteiger partial charge in [0.25, 0.3) is 5.69 Å². The highest BCUT2D eigenvalue weighted by molar-refractivity contribution is 5.65. The first-order chi connectivity index (χ1) is 8.66. The minimum atomic E-state index is -0.493. The molecule has 98 valence electrons. The third-order valence-electron chi connectivity index (χ3n) is 2.76. The summed E-state index contributed by atoms with van der Waals surface area (Å²) in [6.07, 6.45) is 0.107. The second-order valence-corrected chi connectivity index (χ2v) is 4.11. The van der Waals surface area contributed by atoms with Crippen LogP contribution in [0, 0.1) is 10.1 Å². The maximum absolute atomic E-state index is 10.6. The molecular weight excluding hydrogens is 236 g/mol. The summed E-state index contributed by atoms with van der Waals surface area (Å²) in [7, 11) is 0. The topological polar surface area (TPSA) is 102 Å². The van der Waals surface area contributed by atoms with Crippen LogP contribution in [0.1, 0.15) is 0 Å². The van der Waals surface area contributed by atoms with Crippen molar-refractivity contribution in [2.24, 2.45) is 0 Å². The normalized spacial score (nSPS) is 19.4. The molecule has 2 rings (SSSR count). The summed E-state index contributed by atoms with van der Waals surface area (Å²) in [4.78, 5) is 10.1. The van der Waals surface area contributed by atoms with Crippen LogP contribution >= 0.6 is 0 Å². The molecule has 0 amide bonds. The summed E-state index contributed by atoms with van der Waals surface area (Å²) >= 11 is 0. The van der Waals surface area contributed by atoms with Crippen molar-refractivity contribution in [3.05, 3.63) is 28.3 Å². The third kappa shape index (κ3) is 3.08. The molecule has 4 N–H and O–H groups in total. The predicted octanol–water partition coefficient (Wildman–Crippen LogP) is 0.577. The molecule has 0 spiro atoms. The number of nitrogen functional groups attached to an aromatic ring is 1. The Morgan fingerprint density at radius 3 is 3.06 bits per heavy atom. The number of benzene rings is 1. The molecule has 0 bridgehead atoms. The van der Waals surface area contributed by atoms with Crippen LogP contribution in [0.25, 0.3) is 0 Å². The van der Waals surface area contributed by atoms with Crippen LogP contribution in [0.2, 0.25) is 0 Å². The van der Waals surface area contributed by atoms with E-state index in [2.05, 4.69) is 10.6 Å². The van der Waals surface area contributed by atoms with Gasteiger partial charge in [-0.3, -0.25) is 10.1 Å². The van der Waals surface area contributed by atoms with E-state index in [9.17, 15) is 10.1 Å². The van der Waals surface area contributed by atoms with Gasteiger partial charge in [0.1, 0.15) is 5.69 Å². The Morgan fingerprint density at radius 2 is 2.44 bits per heavy atom. The number of hydrogen-bond acceptors (Lipinski definition) is 6. The zero-order valence-corrected chi connectivity index (χ0v) is 9.89. The molecule has 1 saturated heterocycles. The van der Waals surface area contributed by atoms with E-state index < -0.39 is 4.92 Å². The SMILES string of the molecule is Nc1cc(NCC2CNCCO2)ccc1[N+](=O)[O-]. The molecule has 1 heterocycles. The first-order valence-electron chi connectivity index (χ1n) is 5.77. The quantitative estimate of drug-likeness (QED) is 0.411. The molecule has 0 saturated carbocycles. The van der Waals surface area contributed by atoms with Crippen molar-refractivity contribution in [3.63, 3.8) is 0 Å². The first kappa shape index (κ1) is 12.6. The molecule has 1 atom stereocenters. The largest absolute Gasteiger partial charge is 0.393 e. The van der Waals surface area contributed by atoms with Gasteiger partial charge in [0.05, 0.1) is 17.6 Å². The lowest BCUT2D eigenvalue weighted by Gasteiger charge is -2.24. The van der Waals surface area contributed by atoms with Gasteiger partial charge in [-0.25, -0.2) is 0 Å². The number of nitrogens with zero attached hydrogens (tertiary/aromatic N) is 1. The van der Waals surface area contributed by atoms with Crippen LogP contribution in [-0.4, -0.2) is 37.3 Å². The summed E-state index contributed by atoms with van der Waals surface area (Å²) in [5.74, 6) is 0. The number of nitrogens with one attached hydrogen (secondary N) is 2. The zero-order chi connectivity index (χ0) is 13.0. The first-order valence-corrected chi connectivity index (χ1v) is 5.77. The van der Waals surface area contributed by atoms with Crippen molar-refractivity contribution in [1.82, 2.24) is 5.32 Å². The Labute approximate surface area is 104 Å². The monoisotopic (exact) mass is 252 g/mol. The second-order valence-electron chi connectivity index (χ2n) is 4.11. The number of nitro groups is 1. The summed E-state index contributed by atoms with van der Waals surface area (Å²) in [6, 6.07) is 4.61. The standard InChI is InChI=1S/C11H16N4O3/c12-10-5-8(1-2-11(10)15(16)17)14-7-9-6-13-3-4-18-9/h1-2,5,9,13-14H,3-4,6-7,12H2. The number of nitrogens with two attached hydrogens (primary N) is 1. The Bertz CT molecular complexity index is 432. The summed E-state index contributed by atoms with van der Waals surface area (Å²) in [6.45, 7) is 3.02. The van der Waals surface area contributed by atoms with Gasteiger partial charge in [-0.05, 0) is 12.1 Å². The van der Waals surface area contributed by atoms with Gasteiger partial charge in [-0.15, -0.1) is 0 Å². The van der Waals surface area contributed by atoms with E-state index in [1.165, 1.54) is 6.07 Å². The molecule has 1 aliphatic heterocycles. The van der Waals surface area contributed by atoms with E-state index in [0.29, 0.717) is 13.2 Å². The van der Waals surface area contributed by atoms with E-state index in [1.54, 1.807) is 12.1 Å². The number of anilines is 2. The number of hydrogen-bond donors (Lipinski definition) is 3. The van der Waals surface area contributed by atoms with Gasteiger partial charge in [-0.1, -0.05) is 0 Å². The van der Waals surface area contributed by atoms with Crippen LogP contribution in [0.3, 0.4) is 0 Å². The van der Waals surface area contributed by atoms with Crippen molar-refractivity contribution in [2.45, 2.75) is 6.10 Å². The van der Waals surface area contributed by atoms with Crippen LogP contribution in [-0.2, 0) is 4.74 Å². The third-order valence-corrected chi connectivity index (χ3v) is 2.76. The van der Waals surface area contributed by atoms with Crippen molar-refractivity contribution >= 4 is 17.1 Å². The van der Waals surface area contributed by atoms with Crippen LogP contribution in [0.15, 0.2) is 18.2 Å². The Balaban J connectivity index is 1.93. The maximum Gasteiger partial charge on any atom is 0.292 e. The van der Waals surface area contributed by atoms with Crippen molar-refractivity contribution in [2.75, 3.05) is 37.3 Å². The number of morpholine rings is 1. The fourth-order valence-electron chi connectivity index (χ4n) is 1.81. The van der Waals surface area contributed by atoms with Gasteiger partial charge in [-0.2, -0.15) is 0 Å². The lowest BCUT2D eigenvalue weighted by Crippen LogP contribution is -2.42. The minimum absolute atomic E-state index is 0.0730. The average Bonchev–Trinajstić information content (AvgIpc) is 2.37. The van der Waals surface area contributed by atoms with Gasteiger partial charge in [0.2, 0.25) is 0 Å². The average molecular weight is 252 g/mol. The van der Waals surface area contributed by atoms with Gasteiger partial charge < -0.3 is 21.1 Å². The maximum atomic E-state index is 10.6. The van der Waals surface area contributed by atoms with Gasteiger partial charge in [0.15, 0.2) is 0 Å². The van der Waals surface area contributed by atoms with Crippen molar-refractivity contribution in [1.29, 1.82) is 0 Å². The summed E-state index contributed by atoms with van der Waals surface area (Å²) in [5, 5.41) is 17.0. The lowest BCUT2D eigenvalue weighted by atomic mass is 10.2. The molecular formula is C11H16N4O3. The molecule has 0 aliphatic carbocycles.